The summed E-state index contributed by atoms with van der Waals surface area (Å²) < 4.78 is 0. The van der Waals surface area contributed by atoms with Crippen LogP contribution < -0.4 is 5.32 Å². The fourth-order valence-electron chi connectivity index (χ4n) is 1.45. The smallest absolute Gasteiger partial charge is 0.0794 e. The molecule has 0 aliphatic heterocycles. The van der Waals surface area contributed by atoms with E-state index in [0.717, 1.165) is 19.4 Å². The summed E-state index contributed by atoms with van der Waals surface area (Å²) in [6, 6.07) is 0.412. The summed E-state index contributed by atoms with van der Waals surface area (Å²) in [7, 11) is 0. The van der Waals surface area contributed by atoms with Crippen LogP contribution in [0.15, 0.2) is 11.7 Å². The van der Waals surface area contributed by atoms with Crippen molar-refractivity contribution in [3.63, 3.8) is 0 Å². The molecule has 1 heterocycles. The van der Waals surface area contributed by atoms with Crippen molar-refractivity contribution in [2.45, 2.75) is 38.6 Å². The highest BCUT2D eigenvalue weighted by atomic mass is 32.1. The SMILES string of the molecule is CC(NCCCCCCO)c1cncs1. The Kier molecular flexibility index (Phi) is 6.55. The molecule has 0 amide bonds. The molecule has 3 nitrogen and oxygen atoms in total. The molecule has 0 aliphatic carbocycles. The van der Waals surface area contributed by atoms with Crippen molar-refractivity contribution in [3.8, 4) is 0 Å². The molecule has 1 aromatic rings. The van der Waals surface area contributed by atoms with Crippen molar-refractivity contribution in [1.82, 2.24) is 10.3 Å². The normalized spacial score (nSPS) is 12.9. The molecule has 0 aliphatic rings. The monoisotopic (exact) mass is 228 g/mol. The summed E-state index contributed by atoms with van der Waals surface area (Å²) in [6.07, 6.45) is 6.37. The highest BCUT2D eigenvalue weighted by Gasteiger charge is 2.04. The molecule has 15 heavy (non-hydrogen) atoms. The zero-order valence-corrected chi connectivity index (χ0v) is 10.1. The highest BCUT2D eigenvalue weighted by molar-refractivity contribution is 7.09. The van der Waals surface area contributed by atoms with Gasteiger partial charge in [0.05, 0.1) is 5.51 Å². The molecule has 86 valence electrons. The number of nitrogens with zero attached hydrogens (tertiary/aromatic N) is 1. The van der Waals surface area contributed by atoms with E-state index >= 15 is 0 Å². The number of nitrogens with one attached hydrogen (secondary N) is 1. The third kappa shape index (κ3) is 5.25. The van der Waals surface area contributed by atoms with Crippen LogP contribution >= 0.6 is 11.3 Å². The van der Waals surface area contributed by atoms with E-state index in [1.807, 2.05) is 11.7 Å². The lowest BCUT2D eigenvalue weighted by Crippen LogP contribution is -2.18. The lowest BCUT2D eigenvalue weighted by Gasteiger charge is -2.10. The summed E-state index contributed by atoms with van der Waals surface area (Å²) in [5.41, 5.74) is 1.87. The molecule has 0 fully saturated rings. The first kappa shape index (κ1) is 12.6. The quantitative estimate of drug-likeness (QED) is 0.671. The van der Waals surface area contributed by atoms with Crippen molar-refractivity contribution in [1.29, 1.82) is 0 Å². The maximum Gasteiger partial charge on any atom is 0.0794 e. The highest BCUT2D eigenvalue weighted by Crippen LogP contribution is 2.15. The van der Waals surface area contributed by atoms with Gasteiger partial charge in [-0.1, -0.05) is 12.8 Å². The molecule has 1 aromatic heterocycles. The number of unbranched alkanes of at least 4 members (excludes halogenated alkanes) is 3. The van der Waals surface area contributed by atoms with Crippen LogP contribution in [0.4, 0.5) is 0 Å². The van der Waals surface area contributed by atoms with Crippen LogP contribution in [0, 0.1) is 0 Å². The molecule has 0 radical (unpaired) electrons. The van der Waals surface area contributed by atoms with E-state index in [0.29, 0.717) is 12.6 Å². The minimum Gasteiger partial charge on any atom is -0.396 e. The average Bonchev–Trinajstić information content (AvgIpc) is 2.76. The van der Waals surface area contributed by atoms with Gasteiger partial charge in [-0.15, -0.1) is 11.3 Å². The molecular formula is C11H20N2OS. The Morgan fingerprint density at radius 1 is 1.40 bits per heavy atom. The van der Waals surface area contributed by atoms with Crippen molar-refractivity contribution in [3.05, 3.63) is 16.6 Å². The molecular weight excluding hydrogens is 208 g/mol. The van der Waals surface area contributed by atoms with Crippen LogP contribution in [0.5, 0.6) is 0 Å². The molecule has 1 atom stereocenters. The number of aliphatic hydroxyl groups is 1. The van der Waals surface area contributed by atoms with Crippen LogP contribution in [-0.2, 0) is 0 Å². The van der Waals surface area contributed by atoms with Crippen molar-refractivity contribution < 1.29 is 5.11 Å². The molecule has 2 N–H and O–H groups in total. The maximum absolute atomic E-state index is 8.61. The van der Waals surface area contributed by atoms with E-state index in [4.69, 9.17) is 5.11 Å². The van der Waals surface area contributed by atoms with Gasteiger partial charge in [-0.25, -0.2) is 0 Å². The molecule has 0 aromatic carbocycles. The van der Waals surface area contributed by atoms with Gasteiger partial charge in [-0.05, 0) is 26.3 Å². The third-order valence-corrected chi connectivity index (χ3v) is 3.37. The number of aliphatic hydroxyl groups excluding tert-OH is 1. The topological polar surface area (TPSA) is 45.1 Å². The summed E-state index contributed by atoms with van der Waals surface area (Å²) in [5.74, 6) is 0. The Morgan fingerprint density at radius 3 is 2.87 bits per heavy atom. The second-order valence-corrected chi connectivity index (χ2v) is 4.64. The van der Waals surface area contributed by atoms with Gasteiger partial charge < -0.3 is 10.4 Å². The number of thiazole rings is 1. The van der Waals surface area contributed by atoms with Crippen LogP contribution in [0.2, 0.25) is 0 Å². The van der Waals surface area contributed by atoms with Gasteiger partial charge in [0.1, 0.15) is 0 Å². The number of hydrogen-bond acceptors (Lipinski definition) is 4. The zero-order valence-electron chi connectivity index (χ0n) is 9.28. The number of rotatable bonds is 8. The predicted octanol–water partition coefficient (Wildman–Crippen LogP) is 2.35. The van der Waals surface area contributed by atoms with Gasteiger partial charge in [0.2, 0.25) is 0 Å². The zero-order chi connectivity index (χ0) is 10.9. The standard InChI is InChI=1S/C11H20N2OS/c1-10(11-8-12-9-15-11)13-6-4-2-3-5-7-14/h8-10,13-14H,2-7H2,1H3. The largest absolute Gasteiger partial charge is 0.396 e. The number of hydrogen-bond donors (Lipinski definition) is 2. The minimum atomic E-state index is 0.324. The third-order valence-electron chi connectivity index (χ3n) is 2.41. The summed E-state index contributed by atoms with van der Waals surface area (Å²) in [6.45, 7) is 3.54. The second kappa shape index (κ2) is 7.79. The Balaban J connectivity index is 2.00. The number of aromatic nitrogens is 1. The van der Waals surface area contributed by atoms with E-state index in [2.05, 4.69) is 17.2 Å². The van der Waals surface area contributed by atoms with E-state index in [-0.39, 0.29) is 0 Å². The van der Waals surface area contributed by atoms with Crippen LogP contribution in [0.25, 0.3) is 0 Å². The van der Waals surface area contributed by atoms with Gasteiger partial charge in [-0.3, -0.25) is 4.98 Å². The van der Waals surface area contributed by atoms with Crippen molar-refractivity contribution >= 4 is 11.3 Å². The van der Waals surface area contributed by atoms with E-state index in [9.17, 15) is 0 Å². The van der Waals surface area contributed by atoms with E-state index in [1.54, 1.807) is 11.3 Å². The van der Waals surface area contributed by atoms with Gasteiger partial charge in [0.15, 0.2) is 0 Å². The fraction of sp³-hybridized carbons (Fsp3) is 0.727. The lowest BCUT2D eigenvalue weighted by atomic mass is 10.2. The van der Waals surface area contributed by atoms with Crippen LogP contribution in [0.3, 0.4) is 0 Å². The van der Waals surface area contributed by atoms with Gasteiger partial charge in [0.25, 0.3) is 0 Å². The molecule has 0 saturated carbocycles. The van der Waals surface area contributed by atoms with Crippen molar-refractivity contribution in [2.24, 2.45) is 0 Å². The first-order valence-corrected chi connectivity index (χ1v) is 6.45. The minimum absolute atomic E-state index is 0.324. The van der Waals surface area contributed by atoms with E-state index < -0.39 is 0 Å². The Hall–Kier alpha value is -0.450. The molecule has 4 heteroatoms. The first-order valence-electron chi connectivity index (χ1n) is 5.57. The molecule has 0 bridgehead atoms. The van der Waals surface area contributed by atoms with Gasteiger partial charge >= 0.3 is 0 Å². The van der Waals surface area contributed by atoms with Crippen LogP contribution in [-0.4, -0.2) is 23.2 Å². The van der Waals surface area contributed by atoms with Crippen LogP contribution in [0.1, 0.15) is 43.5 Å². The maximum atomic E-state index is 8.61. The predicted molar refractivity (Wildman–Crippen MR) is 64.1 cm³/mol. The molecule has 0 saturated heterocycles. The van der Waals surface area contributed by atoms with Gasteiger partial charge in [-0.2, -0.15) is 0 Å². The Morgan fingerprint density at radius 2 is 2.20 bits per heavy atom. The first-order chi connectivity index (χ1) is 7.34. The lowest BCUT2D eigenvalue weighted by molar-refractivity contribution is 0.282. The molecule has 0 spiro atoms. The summed E-state index contributed by atoms with van der Waals surface area (Å²) >= 11 is 1.70. The van der Waals surface area contributed by atoms with Gasteiger partial charge in [0, 0.05) is 23.7 Å². The second-order valence-electron chi connectivity index (χ2n) is 3.72. The average molecular weight is 228 g/mol. The summed E-state index contributed by atoms with van der Waals surface area (Å²) in [5, 5.41) is 12.1. The van der Waals surface area contributed by atoms with Crippen molar-refractivity contribution in [2.75, 3.05) is 13.2 Å². The summed E-state index contributed by atoms with van der Waals surface area (Å²) in [4.78, 5) is 5.36. The molecule has 1 unspecified atom stereocenters. The molecule has 1 rings (SSSR count). The Bertz CT molecular complexity index is 239. The van der Waals surface area contributed by atoms with E-state index in [1.165, 1.54) is 17.7 Å². The Labute approximate surface area is 95.6 Å². The fourth-order valence-corrected chi connectivity index (χ4v) is 2.10.